The highest BCUT2D eigenvalue weighted by molar-refractivity contribution is 5.84. The molecular formula is C8H7NO2. The van der Waals surface area contributed by atoms with Gasteiger partial charge in [-0.3, -0.25) is 9.59 Å². The van der Waals surface area contributed by atoms with E-state index in [1.54, 1.807) is 0 Å². The van der Waals surface area contributed by atoms with E-state index in [1.165, 1.54) is 18.2 Å². The van der Waals surface area contributed by atoms with Crippen molar-refractivity contribution in [1.82, 2.24) is 0 Å². The van der Waals surface area contributed by atoms with E-state index < -0.39 is 0 Å². The summed E-state index contributed by atoms with van der Waals surface area (Å²) in [5.74, 6) is 0. The van der Waals surface area contributed by atoms with Gasteiger partial charge in [0.25, 0.3) is 0 Å². The summed E-state index contributed by atoms with van der Waals surface area (Å²) in [5, 5.41) is 0. The lowest BCUT2D eigenvalue weighted by atomic mass is 10.1. The number of rotatable bonds is 2. The normalized spacial score (nSPS) is 9.09. The predicted molar refractivity (Wildman–Crippen MR) is 41.6 cm³/mol. The van der Waals surface area contributed by atoms with Crippen molar-refractivity contribution in [3.63, 3.8) is 0 Å². The average Bonchev–Trinajstić information content (AvgIpc) is 2.03. The summed E-state index contributed by atoms with van der Waals surface area (Å²) in [6.07, 6.45) is 1.31. The minimum absolute atomic E-state index is 0.423. The molecule has 2 N–H and O–H groups in total. The van der Waals surface area contributed by atoms with E-state index in [0.29, 0.717) is 29.4 Å². The van der Waals surface area contributed by atoms with Gasteiger partial charge in [0.05, 0.1) is 0 Å². The molecule has 0 unspecified atom stereocenters. The van der Waals surface area contributed by atoms with E-state index >= 15 is 0 Å². The molecule has 56 valence electrons. The zero-order chi connectivity index (χ0) is 8.27. The molecule has 1 aromatic carbocycles. The highest BCUT2D eigenvalue weighted by atomic mass is 16.1. The second-order valence-electron chi connectivity index (χ2n) is 2.17. The molecular weight excluding hydrogens is 142 g/mol. The topological polar surface area (TPSA) is 60.2 Å². The Labute approximate surface area is 63.8 Å². The first-order valence-electron chi connectivity index (χ1n) is 3.07. The minimum atomic E-state index is 0.423. The molecule has 0 atom stereocenters. The summed E-state index contributed by atoms with van der Waals surface area (Å²) in [6, 6.07) is 4.51. The van der Waals surface area contributed by atoms with Crippen molar-refractivity contribution in [1.29, 1.82) is 0 Å². The number of nitrogen functional groups attached to an aromatic ring is 1. The SMILES string of the molecule is Nc1cc(C=O)cc(C=O)c1. The molecule has 1 rings (SSSR count). The van der Waals surface area contributed by atoms with Crippen LogP contribution < -0.4 is 5.73 Å². The van der Waals surface area contributed by atoms with Crippen LogP contribution in [0, 0.1) is 0 Å². The van der Waals surface area contributed by atoms with Crippen molar-refractivity contribution in [3.8, 4) is 0 Å². The summed E-state index contributed by atoms with van der Waals surface area (Å²) >= 11 is 0. The minimum Gasteiger partial charge on any atom is -0.399 e. The van der Waals surface area contributed by atoms with Crippen LogP contribution in [0.4, 0.5) is 5.69 Å². The van der Waals surface area contributed by atoms with Gasteiger partial charge < -0.3 is 5.73 Å². The van der Waals surface area contributed by atoms with E-state index in [9.17, 15) is 9.59 Å². The standard InChI is InChI=1S/C8H7NO2/c9-8-2-6(4-10)1-7(3-8)5-11/h1-5H,9H2. The van der Waals surface area contributed by atoms with Gasteiger partial charge in [0.2, 0.25) is 0 Å². The third kappa shape index (κ3) is 1.64. The second-order valence-corrected chi connectivity index (χ2v) is 2.17. The highest BCUT2D eigenvalue weighted by Crippen LogP contribution is 2.08. The molecule has 0 saturated carbocycles. The zero-order valence-corrected chi connectivity index (χ0v) is 5.78. The number of carbonyl (C=O) groups excluding carboxylic acids is 2. The van der Waals surface area contributed by atoms with Crippen LogP contribution in [0.25, 0.3) is 0 Å². The molecule has 0 fully saturated rings. The Morgan fingerprint density at radius 2 is 1.45 bits per heavy atom. The molecule has 0 radical (unpaired) electrons. The quantitative estimate of drug-likeness (QED) is 0.501. The van der Waals surface area contributed by atoms with Crippen molar-refractivity contribution >= 4 is 18.3 Å². The maximum atomic E-state index is 10.3. The molecule has 0 spiro atoms. The van der Waals surface area contributed by atoms with Crippen LogP contribution in [0.3, 0.4) is 0 Å². The van der Waals surface area contributed by atoms with Crippen molar-refractivity contribution in [3.05, 3.63) is 29.3 Å². The summed E-state index contributed by atoms with van der Waals surface area (Å²) in [4.78, 5) is 20.5. The number of benzene rings is 1. The monoisotopic (exact) mass is 149 g/mol. The first kappa shape index (κ1) is 7.47. The Bertz CT molecular complexity index is 268. The molecule has 3 heteroatoms. The molecule has 0 aliphatic rings. The number of nitrogens with two attached hydrogens (primary N) is 1. The largest absolute Gasteiger partial charge is 0.399 e. The number of aldehydes is 2. The molecule has 0 amide bonds. The van der Waals surface area contributed by atoms with E-state index in [0.717, 1.165) is 0 Å². The lowest BCUT2D eigenvalue weighted by Crippen LogP contribution is -1.91. The van der Waals surface area contributed by atoms with Gasteiger partial charge in [-0.25, -0.2) is 0 Å². The summed E-state index contributed by atoms with van der Waals surface area (Å²) in [5.41, 5.74) is 6.67. The maximum Gasteiger partial charge on any atom is 0.150 e. The zero-order valence-electron chi connectivity index (χ0n) is 5.78. The van der Waals surface area contributed by atoms with E-state index in [-0.39, 0.29) is 0 Å². The summed E-state index contributed by atoms with van der Waals surface area (Å²) in [6.45, 7) is 0. The van der Waals surface area contributed by atoms with Crippen LogP contribution in [0.2, 0.25) is 0 Å². The fraction of sp³-hybridized carbons (Fsp3) is 0. The Kier molecular flexibility index (Phi) is 2.01. The number of anilines is 1. The molecule has 0 bridgehead atoms. The van der Waals surface area contributed by atoms with Crippen LogP contribution in [0.15, 0.2) is 18.2 Å². The highest BCUT2D eigenvalue weighted by Gasteiger charge is 1.95. The van der Waals surface area contributed by atoms with E-state index in [4.69, 9.17) is 5.73 Å². The van der Waals surface area contributed by atoms with Crippen molar-refractivity contribution in [2.75, 3.05) is 5.73 Å². The molecule has 1 aromatic rings. The summed E-state index contributed by atoms with van der Waals surface area (Å²) in [7, 11) is 0. The fourth-order valence-electron chi connectivity index (χ4n) is 0.838. The smallest absolute Gasteiger partial charge is 0.150 e. The molecule has 0 aromatic heterocycles. The van der Waals surface area contributed by atoms with Crippen molar-refractivity contribution in [2.24, 2.45) is 0 Å². The van der Waals surface area contributed by atoms with Crippen molar-refractivity contribution in [2.45, 2.75) is 0 Å². The summed E-state index contributed by atoms with van der Waals surface area (Å²) < 4.78 is 0. The molecule has 0 aliphatic carbocycles. The van der Waals surface area contributed by atoms with Gasteiger partial charge in [-0.2, -0.15) is 0 Å². The van der Waals surface area contributed by atoms with Crippen LogP contribution in [-0.2, 0) is 0 Å². The first-order chi connectivity index (χ1) is 5.26. The van der Waals surface area contributed by atoms with Gasteiger partial charge in [-0.15, -0.1) is 0 Å². The maximum absolute atomic E-state index is 10.3. The number of hydrogen-bond donors (Lipinski definition) is 1. The first-order valence-corrected chi connectivity index (χ1v) is 3.07. The van der Waals surface area contributed by atoms with E-state index in [2.05, 4.69) is 0 Å². The molecule has 0 heterocycles. The average molecular weight is 149 g/mol. The lowest BCUT2D eigenvalue weighted by molar-refractivity contribution is 0.112. The second kappa shape index (κ2) is 2.96. The Hall–Kier alpha value is -1.64. The Balaban J connectivity index is 3.21. The van der Waals surface area contributed by atoms with Gasteiger partial charge in [0, 0.05) is 16.8 Å². The van der Waals surface area contributed by atoms with Gasteiger partial charge in [-0.05, 0) is 18.2 Å². The van der Waals surface area contributed by atoms with Gasteiger partial charge in [0.1, 0.15) is 12.6 Å². The predicted octanol–water partition coefficient (Wildman–Crippen LogP) is 0.894. The van der Waals surface area contributed by atoms with Crippen LogP contribution >= 0.6 is 0 Å². The van der Waals surface area contributed by atoms with Gasteiger partial charge in [-0.1, -0.05) is 0 Å². The number of carbonyl (C=O) groups is 2. The lowest BCUT2D eigenvalue weighted by Gasteiger charge is -1.95. The van der Waals surface area contributed by atoms with E-state index in [1.807, 2.05) is 0 Å². The van der Waals surface area contributed by atoms with Crippen LogP contribution in [0.1, 0.15) is 20.7 Å². The third-order valence-electron chi connectivity index (χ3n) is 1.27. The van der Waals surface area contributed by atoms with Crippen LogP contribution in [0.5, 0.6) is 0 Å². The van der Waals surface area contributed by atoms with Gasteiger partial charge >= 0.3 is 0 Å². The van der Waals surface area contributed by atoms with Gasteiger partial charge in [0.15, 0.2) is 0 Å². The fourth-order valence-corrected chi connectivity index (χ4v) is 0.838. The molecule has 11 heavy (non-hydrogen) atoms. The van der Waals surface area contributed by atoms with Crippen molar-refractivity contribution < 1.29 is 9.59 Å². The molecule has 0 saturated heterocycles. The Morgan fingerprint density at radius 3 is 1.82 bits per heavy atom. The van der Waals surface area contributed by atoms with Crippen LogP contribution in [-0.4, -0.2) is 12.6 Å². The molecule has 0 aliphatic heterocycles. The Morgan fingerprint density at radius 1 is 1.00 bits per heavy atom. The number of hydrogen-bond acceptors (Lipinski definition) is 3. The third-order valence-corrected chi connectivity index (χ3v) is 1.27. The molecule has 3 nitrogen and oxygen atoms in total.